The number of hydrogen-bond donors (Lipinski definition) is 3. The van der Waals surface area contributed by atoms with Crippen LogP contribution in [0.3, 0.4) is 0 Å². The van der Waals surface area contributed by atoms with Crippen LogP contribution in [0.2, 0.25) is 0 Å². The normalized spacial score (nSPS) is 17.1. The second kappa shape index (κ2) is 11.1. The number of carbonyl (C=O) groups is 1. The lowest BCUT2D eigenvalue weighted by Crippen LogP contribution is -2.46. The van der Waals surface area contributed by atoms with E-state index in [1.54, 1.807) is 18.2 Å². The first-order valence-corrected chi connectivity index (χ1v) is 11.3. The van der Waals surface area contributed by atoms with E-state index in [2.05, 4.69) is 10.3 Å². The highest BCUT2D eigenvalue weighted by Gasteiger charge is 2.42. The van der Waals surface area contributed by atoms with Gasteiger partial charge in [-0.15, -0.1) is 0 Å². The molecule has 0 saturated heterocycles. The molecule has 1 aromatic carbocycles. The van der Waals surface area contributed by atoms with Crippen LogP contribution in [-0.2, 0) is 11.0 Å². The van der Waals surface area contributed by atoms with E-state index in [9.17, 15) is 31.1 Å². The number of allylic oxidation sites excluding steroid dienone is 2. The summed E-state index contributed by atoms with van der Waals surface area (Å²) in [7, 11) is 0. The molecule has 1 aliphatic rings. The number of nitrogens with zero attached hydrogens (tertiary/aromatic N) is 1. The molecular weight excluding hydrogens is 502 g/mol. The molecule has 1 atom stereocenters. The van der Waals surface area contributed by atoms with Crippen molar-refractivity contribution in [2.24, 2.45) is 5.92 Å². The maximum Gasteiger partial charge on any atom is 0.429 e. The van der Waals surface area contributed by atoms with Crippen LogP contribution in [0.4, 0.5) is 26.3 Å². The third-order valence-corrected chi connectivity index (χ3v) is 6.08. The summed E-state index contributed by atoms with van der Waals surface area (Å²) in [6.07, 6.45) is -6.35. The number of carbonyl (C=O) groups excluding carboxylic acids is 1. The summed E-state index contributed by atoms with van der Waals surface area (Å²) in [6.45, 7) is 1.90. The SMILES string of the molecule is CC(=C1CCC(NC(=O)C(C=N)C(=N)C(F)(F)F)CC1)c1cccc(Oc2ccc(C(F)(F)F)cn2)c1. The zero-order valence-electron chi connectivity index (χ0n) is 19.6. The zero-order valence-corrected chi connectivity index (χ0v) is 19.6. The van der Waals surface area contributed by atoms with Crippen molar-refractivity contribution in [3.63, 3.8) is 0 Å². The van der Waals surface area contributed by atoms with Crippen molar-refractivity contribution < 1.29 is 35.9 Å². The predicted molar refractivity (Wildman–Crippen MR) is 125 cm³/mol. The summed E-state index contributed by atoms with van der Waals surface area (Å²) < 4.78 is 82.0. The van der Waals surface area contributed by atoms with Gasteiger partial charge < -0.3 is 15.5 Å². The molecule has 1 amide bonds. The molecule has 0 spiro atoms. The molecule has 37 heavy (non-hydrogen) atoms. The molecule has 2 aromatic rings. The third-order valence-electron chi connectivity index (χ3n) is 6.08. The van der Waals surface area contributed by atoms with Crippen LogP contribution in [0.5, 0.6) is 11.6 Å². The Bertz CT molecular complexity index is 1180. The minimum atomic E-state index is -4.99. The minimum Gasteiger partial charge on any atom is -0.439 e. The summed E-state index contributed by atoms with van der Waals surface area (Å²) in [6, 6.07) is 8.59. The lowest BCUT2D eigenvalue weighted by atomic mass is 9.86. The van der Waals surface area contributed by atoms with Crippen LogP contribution in [0.15, 0.2) is 48.2 Å². The van der Waals surface area contributed by atoms with Gasteiger partial charge in [0.2, 0.25) is 11.8 Å². The standard InChI is InChI=1S/C25H24F6N4O2/c1-14(15-5-8-18(9-6-15)35-23(36)20(12-32)22(33)25(29,30)31)16-3-2-4-19(11-16)37-21-10-7-17(13-34-21)24(26,27)28/h2-4,7,10-13,18,20,32-33H,5-6,8-9H2,1H3,(H,35,36). The molecule has 0 aliphatic heterocycles. The Balaban J connectivity index is 1.63. The molecule has 1 aliphatic carbocycles. The zero-order chi connectivity index (χ0) is 27.4. The average molecular weight is 526 g/mol. The minimum absolute atomic E-state index is 0.00791. The highest BCUT2D eigenvalue weighted by molar-refractivity contribution is 6.16. The summed E-state index contributed by atoms with van der Waals surface area (Å²) >= 11 is 0. The molecule has 0 radical (unpaired) electrons. The van der Waals surface area contributed by atoms with Crippen molar-refractivity contribution >= 4 is 23.4 Å². The van der Waals surface area contributed by atoms with Gasteiger partial charge in [0, 0.05) is 24.5 Å². The maximum atomic E-state index is 12.8. The van der Waals surface area contributed by atoms with Crippen molar-refractivity contribution in [2.45, 2.75) is 51.0 Å². The smallest absolute Gasteiger partial charge is 0.429 e. The first-order valence-electron chi connectivity index (χ1n) is 11.3. The first-order chi connectivity index (χ1) is 17.3. The second-order valence-electron chi connectivity index (χ2n) is 8.58. The van der Waals surface area contributed by atoms with E-state index in [0.717, 1.165) is 28.8 Å². The fourth-order valence-electron chi connectivity index (χ4n) is 3.97. The molecular formula is C25H24F6N4O2. The summed E-state index contributed by atoms with van der Waals surface area (Å²) in [4.78, 5) is 15.9. The Morgan fingerprint density at radius 1 is 1.14 bits per heavy atom. The molecule has 1 heterocycles. The van der Waals surface area contributed by atoms with Crippen LogP contribution >= 0.6 is 0 Å². The molecule has 1 saturated carbocycles. The largest absolute Gasteiger partial charge is 0.439 e. The quantitative estimate of drug-likeness (QED) is 0.281. The fourth-order valence-corrected chi connectivity index (χ4v) is 3.97. The molecule has 1 fully saturated rings. The van der Waals surface area contributed by atoms with E-state index < -0.39 is 35.5 Å². The fraction of sp³-hybridized carbons (Fsp3) is 0.360. The van der Waals surface area contributed by atoms with Gasteiger partial charge in [-0.25, -0.2) is 4.98 Å². The number of hydrogen-bond acceptors (Lipinski definition) is 5. The van der Waals surface area contributed by atoms with Gasteiger partial charge in [-0.3, -0.25) is 10.2 Å². The third kappa shape index (κ3) is 7.17. The summed E-state index contributed by atoms with van der Waals surface area (Å²) in [5.74, 6) is -2.61. The van der Waals surface area contributed by atoms with Gasteiger partial charge in [0.15, 0.2) is 0 Å². The summed E-state index contributed by atoms with van der Waals surface area (Å²) in [5.41, 5.74) is 0.201. The van der Waals surface area contributed by atoms with E-state index in [4.69, 9.17) is 15.6 Å². The maximum absolute atomic E-state index is 12.8. The van der Waals surface area contributed by atoms with Crippen LogP contribution in [-0.4, -0.2) is 35.0 Å². The van der Waals surface area contributed by atoms with Gasteiger partial charge in [0.1, 0.15) is 17.4 Å². The highest BCUT2D eigenvalue weighted by Crippen LogP contribution is 2.34. The van der Waals surface area contributed by atoms with Crippen LogP contribution in [0.1, 0.15) is 43.7 Å². The van der Waals surface area contributed by atoms with Crippen LogP contribution in [0.25, 0.3) is 5.57 Å². The highest BCUT2D eigenvalue weighted by atomic mass is 19.4. The molecule has 198 valence electrons. The lowest BCUT2D eigenvalue weighted by molar-refractivity contribution is -0.137. The second-order valence-corrected chi connectivity index (χ2v) is 8.58. The van der Waals surface area contributed by atoms with E-state index in [0.29, 0.717) is 43.8 Å². The van der Waals surface area contributed by atoms with Crippen molar-refractivity contribution in [3.8, 4) is 11.6 Å². The van der Waals surface area contributed by atoms with E-state index in [-0.39, 0.29) is 11.9 Å². The molecule has 6 nitrogen and oxygen atoms in total. The Morgan fingerprint density at radius 2 is 1.81 bits per heavy atom. The Kier molecular flexibility index (Phi) is 8.39. The van der Waals surface area contributed by atoms with Crippen molar-refractivity contribution in [1.29, 1.82) is 10.8 Å². The molecule has 3 rings (SSSR count). The number of benzene rings is 1. The number of nitrogens with one attached hydrogen (secondary N) is 3. The number of alkyl halides is 6. The van der Waals surface area contributed by atoms with E-state index in [1.807, 2.05) is 13.0 Å². The number of ether oxygens (including phenoxy) is 1. The van der Waals surface area contributed by atoms with E-state index in [1.165, 1.54) is 0 Å². The van der Waals surface area contributed by atoms with Crippen LogP contribution < -0.4 is 10.1 Å². The lowest BCUT2D eigenvalue weighted by Gasteiger charge is -2.28. The van der Waals surface area contributed by atoms with Gasteiger partial charge in [0.05, 0.1) is 5.56 Å². The van der Waals surface area contributed by atoms with Gasteiger partial charge >= 0.3 is 12.4 Å². The molecule has 1 aromatic heterocycles. The van der Waals surface area contributed by atoms with Gasteiger partial charge in [-0.1, -0.05) is 17.7 Å². The topological polar surface area (TPSA) is 98.9 Å². The first kappa shape index (κ1) is 27.9. The van der Waals surface area contributed by atoms with Crippen molar-refractivity contribution in [3.05, 3.63) is 59.3 Å². The molecule has 1 unspecified atom stereocenters. The molecule has 12 heteroatoms. The number of pyridine rings is 1. The van der Waals surface area contributed by atoms with Crippen LogP contribution in [0, 0.1) is 16.7 Å². The van der Waals surface area contributed by atoms with E-state index >= 15 is 0 Å². The molecule has 3 N–H and O–H groups in total. The van der Waals surface area contributed by atoms with Gasteiger partial charge in [-0.2, -0.15) is 26.3 Å². The summed E-state index contributed by atoms with van der Waals surface area (Å²) in [5, 5.41) is 16.8. The Morgan fingerprint density at radius 3 is 2.35 bits per heavy atom. The number of halogens is 6. The number of aromatic nitrogens is 1. The molecule has 0 bridgehead atoms. The van der Waals surface area contributed by atoms with Crippen molar-refractivity contribution in [1.82, 2.24) is 10.3 Å². The number of amides is 1. The van der Waals surface area contributed by atoms with Crippen molar-refractivity contribution in [2.75, 3.05) is 0 Å². The predicted octanol–water partition coefficient (Wildman–Crippen LogP) is 6.57. The van der Waals surface area contributed by atoms with Gasteiger partial charge in [-0.05, 0) is 61.9 Å². The Hall–Kier alpha value is -3.70. The van der Waals surface area contributed by atoms with Gasteiger partial charge in [0.25, 0.3) is 0 Å². The number of rotatable bonds is 7. The average Bonchev–Trinajstić information content (AvgIpc) is 2.84. The Labute approximate surface area is 208 Å². The monoisotopic (exact) mass is 526 g/mol.